The number of anilines is 1. The molecular formula is C9H12N4O4S. The first-order valence-electron chi connectivity index (χ1n) is 4.79. The Morgan fingerprint density at radius 2 is 2.06 bits per heavy atom. The van der Waals surface area contributed by atoms with E-state index in [0.717, 1.165) is 5.56 Å². The average Bonchev–Trinajstić information content (AvgIpc) is 2.28. The summed E-state index contributed by atoms with van der Waals surface area (Å²) in [4.78, 5) is 11.0. The third-order valence-electron chi connectivity index (χ3n) is 2.32. The largest absolute Gasteiger partial charge is 0.378 e. The summed E-state index contributed by atoms with van der Waals surface area (Å²) in [5.74, 6) is 0. The number of aryl methyl sites for hydroxylation is 1. The monoisotopic (exact) mass is 272 g/mol. The Morgan fingerprint density at radius 3 is 2.56 bits per heavy atom. The summed E-state index contributed by atoms with van der Waals surface area (Å²) in [6, 6.07) is 3.51. The smallest absolute Gasteiger partial charge is 0.268 e. The third kappa shape index (κ3) is 3.02. The van der Waals surface area contributed by atoms with Crippen molar-refractivity contribution in [2.45, 2.75) is 13.8 Å². The average molecular weight is 272 g/mol. The number of carbonyl (C=O) groups is 1. The molecule has 0 unspecified atom stereocenters. The maximum atomic E-state index is 11.2. The number of hydrazine groups is 1. The molecule has 1 aromatic carbocycles. The zero-order valence-corrected chi connectivity index (χ0v) is 10.5. The molecule has 3 N–H and O–H groups in total. The van der Waals surface area contributed by atoms with Gasteiger partial charge in [0.2, 0.25) is 0 Å². The molecule has 98 valence electrons. The SMILES string of the molecule is Cc1cccc(N(NC(=O)N=N)S(=O)(=O)O)c1C. The molecule has 1 aromatic rings. The van der Waals surface area contributed by atoms with Crippen LogP contribution in [0.15, 0.2) is 23.3 Å². The minimum Gasteiger partial charge on any atom is -0.268 e. The molecule has 0 spiro atoms. The number of rotatable bonds is 3. The minimum absolute atomic E-state index is 0.0782. The fourth-order valence-corrected chi connectivity index (χ4v) is 1.95. The van der Waals surface area contributed by atoms with Crippen molar-refractivity contribution in [2.75, 3.05) is 4.41 Å². The Morgan fingerprint density at radius 1 is 1.44 bits per heavy atom. The van der Waals surface area contributed by atoms with E-state index in [4.69, 9.17) is 10.1 Å². The maximum Gasteiger partial charge on any atom is 0.378 e. The van der Waals surface area contributed by atoms with Crippen molar-refractivity contribution in [3.63, 3.8) is 0 Å². The van der Waals surface area contributed by atoms with Gasteiger partial charge in [-0.15, -0.1) is 0 Å². The second-order valence-electron chi connectivity index (χ2n) is 3.49. The molecule has 2 amide bonds. The molecule has 18 heavy (non-hydrogen) atoms. The number of benzene rings is 1. The van der Waals surface area contributed by atoms with Gasteiger partial charge >= 0.3 is 16.3 Å². The number of carbonyl (C=O) groups excluding carboxylic acids is 1. The van der Waals surface area contributed by atoms with Crippen LogP contribution >= 0.6 is 0 Å². The highest BCUT2D eigenvalue weighted by molar-refractivity contribution is 7.87. The standard InChI is InChI=1S/C9H12N4O4S/c1-6-4-3-5-8(7(6)2)13(18(15,16)17)12-9(14)11-10/h3-5,10H,1-2H3,(H,12,14)(H,15,16,17). The highest BCUT2D eigenvalue weighted by Gasteiger charge is 2.23. The van der Waals surface area contributed by atoms with Crippen LogP contribution in [-0.4, -0.2) is 19.0 Å². The second-order valence-corrected chi connectivity index (χ2v) is 4.75. The summed E-state index contributed by atoms with van der Waals surface area (Å²) < 4.78 is 31.8. The predicted octanol–water partition coefficient (Wildman–Crippen LogP) is 1.57. The van der Waals surface area contributed by atoms with Gasteiger partial charge in [-0.05, 0) is 31.0 Å². The Hall–Kier alpha value is -2.00. The first-order valence-corrected chi connectivity index (χ1v) is 6.19. The quantitative estimate of drug-likeness (QED) is 0.439. The summed E-state index contributed by atoms with van der Waals surface area (Å²) in [5, 5.41) is 2.50. The molecule has 9 heteroatoms. The molecule has 0 aromatic heterocycles. The molecule has 0 aliphatic rings. The number of hydrogen-bond acceptors (Lipinski definition) is 4. The maximum absolute atomic E-state index is 11.2. The van der Waals surface area contributed by atoms with E-state index in [1.54, 1.807) is 31.4 Å². The predicted molar refractivity (Wildman–Crippen MR) is 63.6 cm³/mol. The van der Waals surface area contributed by atoms with Gasteiger partial charge in [-0.3, -0.25) is 4.55 Å². The van der Waals surface area contributed by atoms with E-state index in [2.05, 4.69) is 5.11 Å². The number of nitrogens with one attached hydrogen (secondary N) is 2. The zero-order chi connectivity index (χ0) is 13.9. The van der Waals surface area contributed by atoms with E-state index < -0.39 is 16.3 Å². The molecule has 0 fully saturated rings. The lowest BCUT2D eigenvalue weighted by atomic mass is 10.1. The molecule has 0 bridgehead atoms. The van der Waals surface area contributed by atoms with Gasteiger partial charge in [0.05, 0.1) is 5.69 Å². The van der Waals surface area contributed by atoms with Crippen LogP contribution in [0.2, 0.25) is 0 Å². The van der Waals surface area contributed by atoms with Gasteiger partial charge in [-0.1, -0.05) is 17.2 Å². The first kappa shape index (κ1) is 14.1. The van der Waals surface area contributed by atoms with Crippen LogP contribution < -0.4 is 9.84 Å². The van der Waals surface area contributed by atoms with Crippen molar-refractivity contribution in [3.05, 3.63) is 29.3 Å². The molecule has 0 aliphatic heterocycles. The summed E-state index contributed by atoms with van der Waals surface area (Å²) in [5.41, 5.74) is 9.68. The van der Waals surface area contributed by atoms with Crippen LogP contribution in [0.25, 0.3) is 0 Å². The fourth-order valence-electron chi connectivity index (χ4n) is 1.31. The second kappa shape index (κ2) is 5.10. The van der Waals surface area contributed by atoms with Crippen LogP contribution in [-0.2, 0) is 10.3 Å². The van der Waals surface area contributed by atoms with Crippen molar-refractivity contribution in [1.29, 1.82) is 5.53 Å². The summed E-state index contributed by atoms with van der Waals surface area (Å²) in [6.45, 7) is 3.38. The first-order chi connectivity index (χ1) is 8.27. The van der Waals surface area contributed by atoms with Crippen molar-refractivity contribution < 1.29 is 17.8 Å². The lowest BCUT2D eigenvalue weighted by Gasteiger charge is -2.22. The minimum atomic E-state index is -4.70. The molecule has 0 radical (unpaired) electrons. The number of amides is 2. The normalized spacial score (nSPS) is 10.8. The van der Waals surface area contributed by atoms with E-state index in [-0.39, 0.29) is 10.1 Å². The molecule has 0 saturated carbocycles. The van der Waals surface area contributed by atoms with Crippen LogP contribution in [0.4, 0.5) is 10.5 Å². The third-order valence-corrected chi connectivity index (χ3v) is 3.07. The van der Waals surface area contributed by atoms with Gasteiger partial charge in [0.25, 0.3) is 0 Å². The highest BCUT2D eigenvalue weighted by Crippen LogP contribution is 2.23. The number of urea groups is 1. The van der Waals surface area contributed by atoms with Gasteiger partial charge in [-0.2, -0.15) is 18.4 Å². The number of hydrogen-bond donors (Lipinski definition) is 3. The summed E-state index contributed by atoms with van der Waals surface area (Å²) >= 11 is 0. The molecular weight excluding hydrogens is 260 g/mol. The molecule has 1 rings (SSSR count). The Kier molecular flexibility index (Phi) is 3.99. The van der Waals surface area contributed by atoms with Gasteiger partial charge in [-0.25, -0.2) is 10.2 Å². The Labute approximate surface area is 104 Å². The van der Waals surface area contributed by atoms with Crippen molar-refractivity contribution in [2.24, 2.45) is 5.11 Å². The van der Waals surface area contributed by atoms with Crippen LogP contribution in [0.3, 0.4) is 0 Å². The Bertz CT molecular complexity index is 584. The van der Waals surface area contributed by atoms with Crippen LogP contribution in [0.5, 0.6) is 0 Å². The molecule has 0 heterocycles. The van der Waals surface area contributed by atoms with E-state index >= 15 is 0 Å². The van der Waals surface area contributed by atoms with Gasteiger partial charge in [0.1, 0.15) is 0 Å². The zero-order valence-electron chi connectivity index (χ0n) is 9.71. The van der Waals surface area contributed by atoms with Crippen molar-refractivity contribution in [3.8, 4) is 0 Å². The van der Waals surface area contributed by atoms with E-state index in [1.807, 2.05) is 0 Å². The molecule has 8 nitrogen and oxygen atoms in total. The molecule has 0 atom stereocenters. The summed E-state index contributed by atoms with van der Waals surface area (Å²) in [6.07, 6.45) is 0. The van der Waals surface area contributed by atoms with Crippen LogP contribution in [0, 0.1) is 19.4 Å². The molecule has 0 aliphatic carbocycles. The lowest BCUT2D eigenvalue weighted by Crippen LogP contribution is -2.45. The van der Waals surface area contributed by atoms with Crippen LogP contribution in [0.1, 0.15) is 11.1 Å². The highest BCUT2D eigenvalue weighted by atomic mass is 32.2. The molecule has 0 saturated heterocycles. The van der Waals surface area contributed by atoms with Crippen molar-refractivity contribution >= 4 is 22.0 Å². The van der Waals surface area contributed by atoms with Gasteiger partial charge in [0, 0.05) is 0 Å². The van der Waals surface area contributed by atoms with Gasteiger partial charge in [0.15, 0.2) is 0 Å². The van der Waals surface area contributed by atoms with E-state index in [0.29, 0.717) is 5.56 Å². The summed E-state index contributed by atoms with van der Waals surface area (Å²) in [7, 11) is -4.70. The number of nitrogens with zero attached hydrogens (tertiary/aromatic N) is 2. The van der Waals surface area contributed by atoms with E-state index in [1.165, 1.54) is 6.07 Å². The lowest BCUT2D eigenvalue weighted by molar-refractivity contribution is 0.247. The van der Waals surface area contributed by atoms with Gasteiger partial charge < -0.3 is 0 Å². The topological polar surface area (TPSA) is 123 Å². The fraction of sp³-hybridized carbons (Fsp3) is 0.222. The van der Waals surface area contributed by atoms with E-state index in [9.17, 15) is 13.2 Å². The van der Waals surface area contributed by atoms with Crippen molar-refractivity contribution in [1.82, 2.24) is 5.43 Å². The Balaban J connectivity index is 3.31.